The average molecular weight is 578 g/mol. The van der Waals surface area contributed by atoms with E-state index in [1.807, 2.05) is 24.3 Å². The summed E-state index contributed by atoms with van der Waals surface area (Å²) in [6.07, 6.45) is -0.0994. The van der Waals surface area contributed by atoms with Gasteiger partial charge in [0.1, 0.15) is 18.2 Å². The number of hydrogen-bond acceptors (Lipinski definition) is 8. The first kappa shape index (κ1) is 28.4. The number of carbonyl (C=O) groups is 5. The zero-order chi connectivity index (χ0) is 29.9. The number of carboxylic acids is 1. The molecule has 0 unspecified atom stereocenters. The van der Waals surface area contributed by atoms with Crippen molar-refractivity contribution in [3.05, 3.63) is 54.1 Å². The van der Waals surface area contributed by atoms with Gasteiger partial charge in [0.2, 0.25) is 11.9 Å². The van der Waals surface area contributed by atoms with Crippen molar-refractivity contribution in [2.24, 2.45) is 0 Å². The summed E-state index contributed by atoms with van der Waals surface area (Å²) >= 11 is 0. The number of ether oxygens (including phenoxy) is 1. The molecule has 1 spiro atoms. The molecule has 14 heteroatoms. The van der Waals surface area contributed by atoms with Crippen LogP contribution < -0.4 is 20.9 Å². The number of carboxylic acid groups (broad SMARTS) is 1. The second-order valence-corrected chi connectivity index (χ2v) is 10.3. The van der Waals surface area contributed by atoms with Crippen LogP contribution in [0, 0.1) is 0 Å². The minimum atomic E-state index is -1.20. The zero-order valence-electron chi connectivity index (χ0n) is 22.9. The SMILES string of the molecule is C[C@H](NC(=O)OCc1cccc(N2C(=O)NC3(CCN(C(=O)CCNc4nc5ccccc5[nH]4)CC3)C2=O)c1)C(=O)O. The number of piperidine rings is 1. The molecule has 0 saturated carbocycles. The predicted molar refractivity (Wildman–Crippen MR) is 151 cm³/mol. The molecule has 2 fully saturated rings. The summed E-state index contributed by atoms with van der Waals surface area (Å²) in [6.45, 7) is 2.15. The van der Waals surface area contributed by atoms with Gasteiger partial charge in [0.15, 0.2) is 0 Å². The predicted octanol–water partition coefficient (Wildman–Crippen LogP) is 2.18. The van der Waals surface area contributed by atoms with E-state index in [2.05, 4.69) is 25.9 Å². The molecule has 1 atom stereocenters. The minimum Gasteiger partial charge on any atom is -0.480 e. The van der Waals surface area contributed by atoms with E-state index in [0.717, 1.165) is 15.9 Å². The number of para-hydroxylation sites is 2. The number of benzene rings is 2. The number of aromatic nitrogens is 2. The highest BCUT2D eigenvalue weighted by atomic mass is 16.5. The number of aromatic amines is 1. The van der Waals surface area contributed by atoms with Gasteiger partial charge in [-0.1, -0.05) is 24.3 Å². The Morgan fingerprint density at radius 3 is 2.62 bits per heavy atom. The molecule has 1 aromatic heterocycles. The Hall–Kier alpha value is -5.14. The molecule has 14 nitrogen and oxygen atoms in total. The first-order valence-electron chi connectivity index (χ1n) is 13.5. The molecule has 5 N–H and O–H groups in total. The molecule has 0 bridgehead atoms. The summed E-state index contributed by atoms with van der Waals surface area (Å²) < 4.78 is 5.07. The van der Waals surface area contributed by atoms with Gasteiger partial charge in [-0.2, -0.15) is 0 Å². The molecule has 42 heavy (non-hydrogen) atoms. The number of hydrogen-bond donors (Lipinski definition) is 5. The van der Waals surface area contributed by atoms with E-state index < -0.39 is 35.6 Å². The standard InChI is InChI=1S/C28H31N7O7/c1-17(23(37)38)30-27(41)42-16-18-5-4-6-19(15-18)35-24(39)28(33-26(35)40)10-13-34(14-11-28)22(36)9-12-29-25-31-20-7-2-3-8-21(20)32-25/h2-8,15,17H,9-14,16H2,1H3,(H,30,41)(H,33,40)(H,37,38)(H2,29,31,32)/t17-/m0/s1. The first-order valence-corrected chi connectivity index (χ1v) is 13.5. The number of aliphatic carboxylic acids is 1. The molecule has 3 heterocycles. The number of H-pyrrole nitrogens is 1. The maximum atomic E-state index is 13.5. The Labute approximate surface area is 240 Å². The highest BCUT2D eigenvalue weighted by Crippen LogP contribution is 2.33. The van der Waals surface area contributed by atoms with Crippen LogP contribution >= 0.6 is 0 Å². The van der Waals surface area contributed by atoms with E-state index >= 15 is 0 Å². The number of urea groups is 1. The van der Waals surface area contributed by atoms with Crippen LogP contribution in [0.3, 0.4) is 0 Å². The lowest BCUT2D eigenvalue weighted by Crippen LogP contribution is -2.56. The summed E-state index contributed by atoms with van der Waals surface area (Å²) in [7, 11) is 0. The lowest BCUT2D eigenvalue weighted by molar-refractivity contribution is -0.139. The summed E-state index contributed by atoms with van der Waals surface area (Å²) in [4.78, 5) is 72.4. The van der Waals surface area contributed by atoms with Crippen molar-refractivity contribution in [1.29, 1.82) is 0 Å². The van der Waals surface area contributed by atoms with Gasteiger partial charge in [-0.05, 0) is 49.6 Å². The number of carbonyl (C=O) groups excluding carboxylic acids is 4. The minimum absolute atomic E-state index is 0.0587. The monoisotopic (exact) mass is 577 g/mol. The van der Waals surface area contributed by atoms with Crippen LogP contribution in [0.25, 0.3) is 11.0 Å². The summed E-state index contributed by atoms with van der Waals surface area (Å²) in [5.41, 5.74) is 1.44. The lowest BCUT2D eigenvalue weighted by atomic mass is 9.87. The third-order valence-electron chi connectivity index (χ3n) is 7.40. The molecule has 0 radical (unpaired) electrons. The Bertz CT molecular complexity index is 1500. The topological polar surface area (TPSA) is 186 Å². The van der Waals surface area contributed by atoms with Crippen molar-refractivity contribution >= 4 is 52.6 Å². The van der Waals surface area contributed by atoms with E-state index in [1.54, 1.807) is 29.2 Å². The van der Waals surface area contributed by atoms with E-state index in [1.165, 1.54) is 6.92 Å². The van der Waals surface area contributed by atoms with Crippen molar-refractivity contribution in [3.63, 3.8) is 0 Å². The van der Waals surface area contributed by atoms with Gasteiger partial charge in [-0.25, -0.2) is 19.5 Å². The number of nitrogens with one attached hydrogen (secondary N) is 4. The number of fused-ring (bicyclic) bond motifs is 1. The largest absolute Gasteiger partial charge is 0.480 e. The molecule has 2 aliphatic heterocycles. The van der Waals surface area contributed by atoms with Gasteiger partial charge in [-0.15, -0.1) is 0 Å². The summed E-state index contributed by atoms with van der Waals surface area (Å²) in [6, 6.07) is 12.4. The third kappa shape index (κ3) is 5.96. The van der Waals surface area contributed by atoms with Crippen LogP contribution in [0.1, 0.15) is 31.7 Å². The van der Waals surface area contributed by atoms with Crippen LogP contribution in [0.4, 0.5) is 21.2 Å². The smallest absolute Gasteiger partial charge is 0.408 e. The fourth-order valence-electron chi connectivity index (χ4n) is 5.03. The van der Waals surface area contributed by atoms with Crippen LogP contribution in [-0.2, 0) is 25.7 Å². The molecular weight excluding hydrogens is 546 g/mol. The van der Waals surface area contributed by atoms with Crippen LogP contribution in [0.15, 0.2) is 48.5 Å². The normalized spacial score (nSPS) is 16.8. The molecule has 0 aliphatic carbocycles. The molecule has 2 aromatic carbocycles. The van der Waals surface area contributed by atoms with Crippen LogP contribution in [0.5, 0.6) is 0 Å². The third-order valence-corrected chi connectivity index (χ3v) is 7.40. The van der Waals surface area contributed by atoms with E-state index in [-0.39, 0.29) is 31.8 Å². The fraction of sp³-hybridized carbons (Fsp3) is 0.357. The number of imide groups is 1. The number of rotatable bonds is 9. The van der Waals surface area contributed by atoms with Crippen molar-refractivity contribution in [1.82, 2.24) is 25.5 Å². The van der Waals surface area contributed by atoms with Gasteiger partial charge >= 0.3 is 18.1 Å². The number of nitrogens with zero attached hydrogens (tertiary/aromatic N) is 3. The van der Waals surface area contributed by atoms with Crippen molar-refractivity contribution in [2.75, 3.05) is 29.9 Å². The Morgan fingerprint density at radius 1 is 1.12 bits per heavy atom. The Balaban J connectivity index is 1.13. The van der Waals surface area contributed by atoms with E-state index in [9.17, 15) is 24.0 Å². The molecule has 5 rings (SSSR count). The van der Waals surface area contributed by atoms with Gasteiger partial charge in [0.25, 0.3) is 5.91 Å². The Kier molecular flexibility index (Phi) is 7.95. The maximum Gasteiger partial charge on any atom is 0.408 e. The molecule has 3 aromatic rings. The number of imidazole rings is 1. The number of alkyl carbamates (subject to hydrolysis) is 1. The lowest BCUT2D eigenvalue weighted by Gasteiger charge is -2.37. The number of anilines is 2. The van der Waals surface area contributed by atoms with Crippen molar-refractivity contribution in [2.45, 2.75) is 44.4 Å². The molecule has 2 saturated heterocycles. The van der Waals surface area contributed by atoms with E-state index in [0.29, 0.717) is 36.8 Å². The Morgan fingerprint density at radius 2 is 1.88 bits per heavy atom. The van der Waals surface area contributed by atoms with Gasteiger partial charge in [-0.3, -0.25) is 14.4 Å². The quantitative estimate of drug-likeness (QED) is 0.238. The second-order valence-electron chi connectivity index (χ2n) is 10.3. The molecule has 5 amide bonds. The van der Waals surface area contributed by atoms with Crippen molar-refractivity contribution in [3.8, 4) is 0 Å². The first-order chi connectivity index (χ1) is 20.1. The zero-order valence-corrected chi connectivity index (χ0v) is 22.9. The summed E-state index contributed by atoms with van der Waals surface area (Å²) in [5, 5.41) is 17.0. The highest BCUT2D eigenvalue weighted by molar-refractivity contribution is 6.23. The average Bonchev–Trinajstić information content (AvgIpc) is 3.49. The molecule has 220 valence electrons. The van der Waals surface area contributed by atoms with Crippen LogP contribution in [0.2, 0.25) is 0 Å². The molecule has 2 aliphatic rings. The van der Waals surface area contributed by atoms with Gasteiger partial charge < -0.3 is 35.7 Å². The number of amides is 5. The molecular formula is C28H31N7O7. The summed E-state index contributed by atoms with van der Waals surface area (Å²) in [5.74, 6) is -1.07. The van der Waals surface area contributed by atoms with Gasteiger partial charge in [0.05, 0.1) is 16.7 Å². The van der Waals surface area contributed by atoms with Crippen molar-refractivity contribution < 1.29 is 33.8 Å². The maximum absolute atomic E-state index is 13.5. The number of likely N-dealkylation sites (tertiary alicyclic amines) is 1. The fourth-order valence-corrected chi connectivity index (χ4v) is 5.03. The van der Waals surface area contributed by atoms with Gasteiger partial charge in [0, 0.05) is 26.1 Å². The second kappa shape index (κ2) is 11.8. The van der Waals surface area contributed by atoms with Crippen LogP contribution in [-0.4, -0.2) is 81.1 Å². The van der Waals surface area contributed by atoms with E-state index in [4.69, 9.17) is 9.84 Å². The highest BCUT2D eigenvalue weighted by Gasteiger charge is 2.53.